The number of carbonyl (C=O) groups is 1. The minimum Gasteiger partial charge on any atom is -0.321 e. The van der Waals surface area contributed by atoms with Gasteiger partial charge in [-0.25, -0.2) is 13.4 Å². The zero-order valence-electron chi connectivity index (χ0n) is 19.5. The predicted molar refractivity (Wildman–Crippen MR) is 143 cm³/mol. The Morgan fingerprint density at radius 3 is 2.30 bits per heavy atom. The van der Waals surface area contributed by atoms with E-state index in [0.717, 1.165) is 33.5 Å². The molecule has 0 unspecified atom stereocenters. The Labute approximate surface area is 212 Å². The molecule has 2 N–H and O–H groups in total. The molecule has 1 amide bonds. The number of fused-ring (bicyclic) bond motifs is 2. The highest BCUT2D eigenvalue weighted by Gasteiger charge is 2.22. The van der Waals surface area contributed by atoms with E-state index in [9.17, 15) is 23.3 Å². The Bertz CT molecular complexity index is 1810. The first kappa shape index (κ1) is 23.9. The van der Waals surface area contributed by atoms with E-state index in [2.05, 4.69) is 10.0 Å². The molecule has 9 nitrogen and oxygen atoms in total. The standard InChI is InChI=1S/C27H20N4O5S/c1-17(32)28-25-14-12-20(16-26(25)31(33)34)37(35,36)30-19-11-13-24-22(15-19)27(18-7-3-2-4-8-18)21-9-5-6-10-23(21)29-24/h2-16,30H,1H3,(H,28,32). The molecule has 0 atom stereocenters. The van der Waals surface area contributed by atoms with E-state index in [1.54, 1.807) is 18.2 Å². The number of sulfonamides is 1. The van der Waals surface area contributed by atoms with E-state index >= 15 is 0 Å². The molecular weight excluding hydrogens is 492 g/mol. The van der Waals surface area contributed by atoms with Gasteiger partial charge < -0.3 is 5.32 Å². The molecule has 0 spiro atoms. The third-order valence-electron chi connectivity index (χ3n) is 5.78. The lowest BCUT2D eigenvalue weighted by atomic mass is 9.96. The summed E-state index contributed by atoms with van der Waals surface area (Å²) < 4.78 is 28.9. The first-order chi connectivity index (χ1) is 17.7. The van der Waals surface area contributed by atoms with Crippen LogP contribution in [0.5, 0.6) is 0 Å². The van der Waals surface area contributed by atoms with Gasteiger partial charge in [0.25, 0.3) is 15.7 Å². The highest BCUT2D eigenvalue weighted by atomic mass is 32.2. The van der Waals surface area contributed by atoms with Gasteiger partial charge in [-0.2, -0.15) is 0 Å². The summed E-state index contributed by atoms with van der Waals surface area (Å²) in [6.45, 7) is 1.21. The Balaban J connectivity index is 1.61. The van der Waals surface area contributed by atoms with Crippen LogP contribution in [0.3, 0.4) is 0 Å². The molecule has 5 rings (SSSR count). The van der Waals surface area contributed by atoms with Crippen molar-refractivity contribution in [1.82, 2.24) is 4.98 Å². The highest BCUT2D eigenvalue weighted by molar-refractivity contribution is 7.92. The van der Waals surface area contributed by atoms with Gasteiger partial charge in [-0.3, -0.25) is 19.6 Å². The maximum absolute atomic E-state index is 13.2. The first-order valence-corrected chi connectivity index (χ1v) is 12.7. The number of aromatic nitrogens is 1. The molecule has 1 aromatic heterocycles. The lowest BCUT2D eigenvalue weighted by molar-refractivity contribution is -0.384. The number of para-hydroxylation sites is 1. The van der Waals surface area contributed by atoms with E-state index in [0.29, 0.717) is 5.52 Å². The molecule has 5 aromatic rings. The summed E-state index contributed by atoms with van der Waals surface area (Å²) in [5.74, 6) is -0.511. The molecule has 1 heterocycles. The van der Waals surface area contributed by atoms with Gasteiger partial charge in [0, 0.05) is 35.0 Å². The molecular formula is C27H20N4O5S. The van der Waals surface area contributed by atoms with Gasteiger partial charge in [-0.1, -0.05) is 48.5 Å². The van der Waals surface area contributed by atoms with E-state index in [4.69, 9.17) is 4.98 Å². The maximum Gasteiger partial charge on any atom is 0.294 e. The van der Waals surface area contributed by atoms with Gasteiger partial charge >= 0.3 is 0 Å². The van der Waals surface area contributed by atoms with Crippen molar-refractivity contribution in [3.63, 3.8) is 0 Å². The van der Waals surface area contributed by atoms with Crippen molar-refractivity contribution in [2.75, 3.05) is 10.0 Å². The topological polar surface area (TPSA) is 131 Å². The molecule has 184 valence electrons. The normalized spacial score (nSPS) is 11.4. The molecule has 0 bridgehead atoms. The predicted octanol–water partition coefficient (Wildman–Crippen LogP) is 5.72. The van der Waals surface area contributed by atoms with Crippen LogP contribution in [0.1, 0.15) is 6.92 Å². The molecule has 0 radical (unpaired) electrons. The van der Waals surface area contributed by atoms with Crippen molar-refractivity contribution in [3.8, 4) is 11.1 Å². The van der Waals surface area contributed by atoms with Gasteiger partial charge in [0.1, 0.15) is 5.69 Å². The summed E-state index contributed by atoms with van der Waals surface area (Å²) in [6.07, 6.45) is 0. The number of hydrogen-bond acceptors (Lipinski definition) is 6. The Morgan fingerprint density at radius 1 is 0.865 bits per heavy atom. The molecule has 0 aliphatic heterocycles. The summed E-state index contributed by atoms with van der Waals surface area (Å²) in [6, 6.07) is 25.8. The number of nitrogens with one attached hydrogen (secondary N) is 2. The van der Waals surface area contributed by atoms with E-state index in [-0.39, 0.29) is 16.3 Å². The van der Waals surface area contributed by atoms with Crippen molar-refractivity contribution in [2.45, 2.75) is 11.8 Å². The van der Waals surface area contributed by atoms with Gasteiger partial charge in [0.05, 0.1) is 20.9 Å². The van der Waals surface area contributed by atoms with Crippen LogP contribution < -0.4 is 10.0 Å². The Kier molecular flexibility index (Phi) is 6.02. The third-order valence-corrected chi connectivity index (χ3v) is 7.16. The van der Waals surface area contributed by atoms with Crippen LogP contribution in [0.4, 0.5) is 17.1 Å². The maximum atomic E-state index is 13.2. The van der Waals surface area contributed by atoms with Crippen molar-refractivity contribution < 1.29 is 18.1 Å². The molecule has 0 fully saturated rings. The zero-order chi connectivity index (χ0) is 26.2. The number of nitro groups is 1. The number of pyridine rings is 1. The summed E-state index contributed by atoms with van der Waals surface area (Å²) in [4.78, 5) is 26.5. The number of anilines is 2. The number of nitro benzene ring substituents is 1. The molecule has 37 heavy (non-hydrogen) atoms. The average Bonchev–Trinajstić information content (AvgIpc) is 2.87. The quantitative estimate of drug-likeness (QED) is 0.170. The lowest BCUT2D eigenvalue weighted by Crippen LogP contribution is -2.14. The first-order valence-electron chi connectivity index (χ1n) is 11.2. The fourth-order valence-corrected chi connectivity index (χ4v) is 5.28. The fourth-order valence-electron chi connectivity index (χ4n) is 4.21. The summed E-state index contributed by atoms with van der Waals surface area (Å²) in [5.41, 5.74) is 3.03. The van der Waals surface area contributed by atoms with Crippen molar-refractivity contribution >= 4 is 54.8 Å². The number of amides is 1. The number of carbonyl (C=O) groups excluding carboxylic acids is 1. The average molecular weight is 513 g/mol. The second-order valence-electron chi connectivity index (χ2n) is 8.32. The Hall–Kier alpha value is -4.83. The van der Waals surface area contributed by atoms with Crippen molar-refractivity contribution in [1.29, 1.82) is 0 Å². The van der Waals surface area contributed by atoms with E-state index < -0.39 is 26.5 Å². The molecule has 10 heteroatoms. The summed E-state index contributed by atoms with van der Waals surface area (Å²) in [7, 11) is -4.19. The van der Waals surface area contributed by atoms with Gasteiger partial charge in [-0.15, -0.1) is 0 Å². The minimum atomic E-state index is -4.19. The third kappa shape index (κ3) is 4.69. The lowest BCUT2D eigenvalue weighted by Gasteiger charge is -2.14. The monoisotopic (exact) mass is 512 g/mol. The van der Waals surface area contributed by atoms with Crippen LogP contribution in [0, 0.1) is 10.1 Å². The fraction of sp³-hybridized carbons (Fsp3) is 0.0370. The largest absolute Gasteiger partial charge is 0.321 e. The van der Waals surface area contributed by atoms with Crippen LogP contribution in [-0.2, 0) is 14.8 Å². The van der Waals surface area contributed by atoms with E-state index in [1.165, 1.54) is 19.1 Å². The summed E-state index contributed by atoms with van der Waals surface area (Å²) in [5, 5.41) is 15.5. The minimum absolute atomic E-state index is 0.0902. The van der Waals surface area contributed by atoms with Crippen LogP contribution >= 0.6 is 0 Å². The van der Waals surface area contributed by atoms with Crippen molar-refractivity contribution in [2.24, 2.45) is 0 Å². The van der Waals surface area contributed by atoms with Crippen LogP contribution in [0.15, 0.2) is 95.9 Å². The Morgan fingerprint density at radius 2 is 1.57 bits per heavy atom. The zero-order valence-corrected chi connectivity index (χ0v) is 20.3. The number of rotatable bonds is 6. The highest BCUT2D eigenvalue weighted by Crippen LogP contribution is 2.36. The second-order valence-corrected chi connectivity index (χ2v) is 10.0. The second kappa shape index (κ2) is 9.32. The molecule has 0 saturated heterocycles. The molecule has 4 aromatic carbocycles. The van der Waals surface area contributed by atoms with Crippen LogP contribution in [0.25, 0.3) is 32.9 Å². The number of nitrogens with zero attached hydrogens (tertiary/aromatic N) is 2. The molecule has 0 aliphatic rings. The van der Waals surface area contributed by atoms with Gasteiger partial charge in [0.15, 0.2) is 0 Å². The van der Waals surface area contributed by atoms with E-state index in [1.807, 2.05) is 54.6 Å². The number of benzene rings is 4. The van der Waals surface area contributed by atoms with Crippen LogP contribution in [-0.4, -0.2) is 24.2 Å². The van der Waals surface area contributed by atoms with Gasteiger partial charge in [0.2, 0.25) is 5.91 Å². The van der Waals surface area contributed by atoms with Crippen LogP contribution in [0.2, 0.25) is 0 Å². The molecule has 0 aliphatic carbocycles. The summed E-state index contributed by atoms with van der Waals surface area (Å²) >= 11 is 0. The molecule has 0 saturated carbocycles. The van der Waals surface area contributed by atoms with Crippen molar-refractivity contribution in [3.05, 3.63) is 101 Å². The smallest absolute Gasteiger partial charge is 0.294 e. The number of hydrogen-bond donors (Lipinski definition) is 2. The van der Waals surface area contributed by atoms with Gasteiger partial charge in [-0.05, 0) is 42.0 Å². The SMILES string of the molecule is CC(=O)Nc1ccc(S(=O)(=O)Nc2ccc3nc4ccccc4c(-c4ccccc4)c3c2)cc1[N+](=O)[O-].